The van der Waals surface area contributed by atoms with E-state index < -0.39 is 17.6 Å². The monoisotopic (exact) mass is 373 g/mol. The number of aromatic nitrogens is 4. The van der Waals surface area contributed by atoms with Crippen LogP contribution in [0.2, 0.25) is 0 Å². The Labute approximate surface area is 141 Å². The van der Waals surface area contributed by atoms with Crippen LogP contribution in [-0.4, -0.2) is 34.6 Å². The van der Waals surface area contributed by atoms with E-state index in [9.17, 15) is 17.5 Å². The van der Waals surface area contributed by atoms with Gasteiger partial charge in [-0.3, -0.25) is 4.21 Å². The van der Waals surface area contributed by atoms with Gasteiger partial charge >= 0.3 is 6.29 Å². The second-order valence-corrected chi connectivity index (χ2v) is 5.86. The highest BCUT2D eigenvalue weighted by Crippen LogP contribution is 2.42. The normalized spacial score (nSPS) is 15.8. The van der Waals surface area contributed by atoms with Crippen LogP contribution in [0.1, 0.15) is 17.0 Å². The fraction of sp³-hybridized carbons (Fsp3) is 0.308. The summed E-state index contributed by atoms with van der Waals surface area (Å²) >= 11 is -2.68. The fourth-order valence-electron chi connectivity index (χ4n) is 1.98. The Kier molecular flexibility index (Phi) is 4.16. The fourth-order valence-corrected chi connectivity index (χ4v) is 2.39. The van der Waals surface area contributed by atoms with E-state index in [1.807, 2.05) is 20.8 Å². The predicted molar refractivity (Wildman–Crippen MR) is 78.8 cm³/mol. The summed E-state index contributed by atoms with van der Waals surface area (Å²) in [5.74, 6) is 0.435. The van der Waals surface area contributed by atoms with Crippen molar-refractivity contribution in [2.45, 2.75) is 27.1 Å². The molecule has 3 heterocycles. The van der Waals surface area contributed by atoms with Crippen LogP contribution in [0.15, 0.2) is 16.7 Å². The Hall–Kier alpha value is -2.60. The van der Waals surface area contributed by atoms with Gasteiger partial charge in [-0.25, -0.2) is 0 Å². The van der Waals surface area contributed by atoms with Gasteiger partial charge in [0.05, 0.1) is 17.0 Å². The molecule has 0 radical (unpaired) electrons. The molecule has 9 nitrogen and oxygen atoms in total. The van der Waals surface area contributed by atoms with Crippen molar-refractivity contribution < 1.29 is 31.5 Å². The van der Waals surface area contributed by atoms with Crippen molar-refractivity contribution in [3.8, 4) is 11.5 Å². The Balaban J connectivity index is 0.000000192. The number of benzene rings is 1. The number of fused-ring (bicyclic) bond motifs is 2. The van der Waals surface area contributed by atoms with E-state index in [4.69, 9.17) is 4.52 Å². The molecule has 1 aliphatic heterocycles. The highest BCUT2D eigenvalue weighted by Gasteiger charge is 2.43. The third-order valence-electron chi connectivity index (χ3n) is 3.47. The average Bonchev–Trinajstić information content (AvgIpc) is 3.15. The molecule has 12 heteroatoms. The van der Waals surface area contributed by atoms with E-state index in [0.29, 0.717) is 4.09 Å². The van der Waals surface area contributed by atoms with Crippen LogP contribution in [0.4, 0.5) is 8.78 Å². The highest BCUT2D eigenvalue weighted by atomic mass is 32.2. The summed E-state index contributed by atoms with van der Waals surface area (Å²) in [4.78, 5) is 0. The molecular formula is C13H11F2N4O5S-. The molecule has 0 bridgehead atoms. The Morgan fingerprint density at radius 2 is 1.84 bits per heavy atom. The maximum absolute atomic E-state index is 12.7. The van der Waals surface area contributed by atoms with Crippen LogP contribution in [0.5, 0.6) is 11.5 Å². The van der Waals surface area contributed by atoms with E-state index >= 15 is 0 Å². The van der Waals surface area contributed by atoms with Gasteiger partial charge in [-0.05, 0) is 20.8 Å². The topological polar surface area (TPSA) is 115 Å². The maximum atomic E-state index is 12.7. The maximum Gasteiger partial charge on any atom is 0.586 e. The van der Waals surface area contributed by atoms with E-state index in [1.54, 1.807) is 0 Å². The highest BCUT2D eigenvalue weighted by molar-refractivity contribution is 7.77. The molecule has 1 unspecified atom stereocenters. The van der Waals surface area contributed by atoms with Crippen molar-refractivity contribution in [3.63, 3.8) is 0 Å². The molecule has 1 aromatic carbocycles. The number of ether oxygens (including phenoxy) is 2. The first kappa shape index (κ1) is 17.2. The van der Waals surface area contributed by atoms with Gasteiger partial charge in [0, 0.05) is 17.7 Å². The minimum absolute atomic E-state index is 0.0263. The van der Waals surface area contributed by atoms with Crippen molar-refractivity contribution in [1.29, 1.82) is 0 Å². The van der Waals surface area contributed by atoms with E-state index in [0.717, 1.165) is 29.2 Å². The molecule has 4 rings (SSSR count). The second-order valence-electron chi connectivity index (χ2n) is 5.08. The van der Waals surface area contributed by atoms with Crippen LogP contribution >= 0.6 is 0 Å². The van der Waals surface area contributed by atoms with Crippen LogP contribution in [0, 0.1) is 20.8 Å². The quantitative estimate of drug-likeness (QED) is 0.595. The molecule has 3 aromatic rings. The lowest BCUT2D eigenvalue weighted by molar-refractivity contribution is -0.286. The molecule has 0 saturated carbocycles. The van der Waals surface area contributed by atoms with Crippen LogP contribution in [0.3, 0.4) is 0 Å². The minimum atomic E-state index is -3.75. The van der Waals surface area contributed by atoms with Gasteiger partial charge in [-0.2, -0.15) is 4.09 Å². The zero-order valence-electron chi connectivity index (χ0n) is 13.1. The first-order chi connectivity index (χ1) is 11.7. The predicted octanol–water partition coefficient (Wildman–Crippen LogP) is 1.99. The third kappa shape index (κ3) is 3.30. The lowest BCUT2D eigenvalue weighted by atomic mass is 10.2. The van der Waals surface area contributed by atoms with Crippen LogP contribution < -0.4 is 9.47 Å². The van der Waals surface area contributed by atoms with Gasteiger partial charge in [0.25, 0.3) is 0 Å². The second kappa shape index (κ2) is 6.04. The molecule has 134 valence electrons. The van der Waals surface area contributed by atoms with E-state index in [-0.39, 0.29) is 22.5 Å². The number of alkyl halides is 2. The summed E-state index contributed by atoms with van der Waals surface area (Å²) in [6.45, 7) is 5.85. The van der Waals surface area contributed by atoms with Gasteiger partial charge in [-0.1, -0.05) is 10.4 Å². The molecular weight excluding hydrogens is 362 g/mol. The first-order valence-corrected chi connectivity index (χ1v) is 7.85. The minimum Gasteiger partial charge on any atom is -0.754 e. The summed E-state index contributed by atoms with van der Waals surface area (Å²) in [7, 11) is 0. The number of halogens is 2. The number of hydrogen-bond donors (Lipinski definition) is 0. The molecule has 0 aliphatic carbocycles. The molecule has 1 atom stereocenters. The van der Waals surface area contributed by atoms with Crippen molar-refractivity contribution in [2.75, 3.05) is 0 Å². The molecule has 0 spiro atoms. The molecule has 25 heavy (non-hydrogen) atoms. The average molecular weight is 373 g/mol. The first-order valence-electron chi connectivity index (χ1n) is 6.82. The summed E-state index contributed by atoms with van der Waals surface area (Å²) in [6.07, 6.45) is -3.75. The molecule has 0 fully saturated rings. The zero-order valence-corrected chi connectivity index (χ0v) is 14.0. The Morgan fingerprint density at radius 3 is 2.32 bits per heavy atom. The summed E-state index contributed by atoms with van der Waals surface area (Å²) in [5, 5.41) is 10.6. The van der Waals surface area contributed by atoms with Gasteiger partial charge in [-0.15, -0.1) is 13.9 Å². The van der Waals surface area contributed by atoms with Crippen LogP contribution in [-0.2, 0) is 11.3 Å². The largest absolute Gasteiger partial charge is 0.754 e. The SMILES string of the molecule is Cc1noc(C)c1C.O=S([O-])n1nnc2cc3c(cc21)OC(F)(F)O3. The molecule has 0 saturated heterocycles. The smallest absolute Gasteiger partial charge is 0.586 e. The number of rotatable bonds is 1. The van der Waals surface area contributed by atoms with Crippen molar-refractivity contribution >= 4 is 22.3 Å². The Morgan fingerprint density at radius 1 is 1.20 bits per heavy atom. The van der Waals surface area contributed by atoms with E-state index in [1.165, 1.54) is 0 Å². The van der Waals surface area contributed by atoms with Crippen molar-refractivity contribution in [2.24, 2.45) is 0 Å². The molecule has 0 amide bonds. The number of aryl methyl sites for hydroxylation is 2. The summed E-state index contributed by atoms with van der Waals surface area (Å²) < 4.78 is 60.7. The molecule has 1 aliphatic rings. The van der Waals surface area contributed by atoms with Gasteiger partial charge in [0.1, 0.15) is 16.8 Å². The molecule has 2 aromatic heterocycles. The third-order valence-corrected chi connectivity index (χ3v) is 4.02. The summed E-state index contributed by atoms with van der Waals surface area (Å²) in [6, 6.07) is 2.20. The Bertz CT molecular complexity index is 951. The van der Waals surface area contributed by atoms with Gasteiger partial charge < -0.3 is 18.5 Å². The van der Waals surface area contributed by atoms with Crippen LogP contribution in [0.25, 0.3) is 11.0 Å². The van der Waals surface area contributed by atoms with Crippen molar-refractivity contribution in [1.82, 2.24) is 19.6 Å². The van der Waals surface area contributed by atoms with Gasteiger partial charge in [0.2, 0.25) is 0 Å². The summed E-state index contributed by atoms with van der Waals surface area (Å²) in [5.41, 5.74) is 2.28. The number of hydrogen-bond acceptors (Lipinski definition) is 8. The molecule has 0 N–H and O–H groups in total. The standard InChI is InChI=1S/C7H3F2N3O4S.C6H9NO/c8-7(9)15-5-1-3-4(2-6(5)16-7)12(11-10-3)17(13)14;1-4-5(2)7-8-6(4)3/h1-2H,(H,13,14);1-3H3/p-1. The van der Waals surface area contributed by atoms with Gasteiger partial charge in [0.15, 0.2) is 11.5 Å². The number of nitrogens with zero attached hydrogens (tertiary/aromatic N) is 4. The zero-order chi connectivity index (χ0) is 18.4. The van der Waals surface area contributed by atoms with Crippen molar-refractivity contribution in [3.05, 3.63) is 29.2 Å². The van der Waals surface area contributed by atoms with E-state index in [2.05, 4.69) is 24.9 Å². The lowest BCUT2D eigenvalue weighted by Gasteiger charge is -2.04. The lowest BCUT2D eigenvalue weighted by Crippen LogP contribution is -2.25.